The number of quaternary nitrogens is 2. The summed E-state index contributed by atoms with van der Waals surface area (Å²) in [7, 11) is 0. The monoisotopic (exact) mass is 342 g/mol. The van der Waals surface area contributed by atoms with Gasteiger partial charge in [-0.15, -0.1) is 5.10 Å². The molecule has 2 heterocycles. The molecule has 134 valence electrons. The maximum absolute atomic E-state index is 4.39. The van der Waals surface area contributed by atoms with Gasteiger partial charge in [-0.05, 0) is 28.5 Å². The first-order valence-corrected chi connectivity index (χ1v) is 9.40. The number of nitrogens with one attached hydrogen (secondary N) is 2. The highest BCUT2D eigenvalue weighted by Crippen LogP contribution is 2.10. The zero-order valence-electron chi connectivity index (χ0n) is 15.2. The van der Waals surface area contributed by atoms with Crippen LogP contribution in [0.15, 0.2) is 43.0 Å². The molecule has 1 aromatic heterocycles. The van der Waals surface area contributed by atoms with Crippen molar-refractivity contribution in [3.63, 3.8) is 0 Å². The molecule has 6 nitrogen and oxygen atoms in total. The minimum atomic E-state index is 0.385. The lowest BCUT2D eigenvalue weighted by molar-refractivity contribution is -1.03. The fourth-order valence-corrected chi connectivity index (χ4v) is 3.84. The van der Waals surface area contributed by atoms with Gasteiger partial charge in [0.1, 0.15) is 32.2 Å². The Kier molecular flexibility index (Phi) is 6.30. The lowest BCUT2D eigenvalue weighted by atomic mass is 10.1. The molecular weight excluding hydrogens is 312 g/mol. The van der Waals surface area contributed by atoms with Crippen molar-refractivity contribution in [2.24, 2.45) is 0 Å². The zero-order chi connectivity index (χ0) is 17.5. The molecular formula is C19H30N6+2. The average molecular weight is 342 g/mol. The first-order valence-electron chi connectivity index (χ1n) is 9.40. The Labute approximate surface area is 150 Å². The number of tetrazole rings is 1. The number of hydrogen-bond donors (Lipinski definition) is 2. The van der Waals surface area contributed by atoms with Gasteiger partial charge < -0.3 is 9.80 Å². The van der Waals surface area contributed by atoms with Gasteiger partial charge in [0, 0.05) is 13.0 Å². The molecule has 1 atom stereocenters. The third kappa shape index (κ3) is 4.52. The third-order valence-electron chi connectivity index (χ3n) is 5.26. The Bertz CT molecular complexity index is 645. The Morgan fingerprint density at radius 2 is 1.96 bits per heavy atom. The third-order valence-corrected chi connectivity index (χ3v) is 5.26. The fourth-order valence-electron chi connectivity index (χ4n) is 3.84. The molecule has 0 spiro atoms. The molecule has 0 amide bonds. The molecule has 2 aromatic rings. The summed E-state index contributed by atoms with van der Waals surface area (Å²) in [6, 6.07) is 10.9. The normalized spacial score (nSPS) is 21.8. The van der Waals surface area contributed by atoms with E-state index in [9.17, 15) is 0 Å². The molecule has 0 radical (unpaired) electrons. The van der Waals surface area contributed by atoms with E-state index in [1.807, 2.05) is 10.8 Å². The summed E-state index contributed by atoms with van der Waals surface area (Å²) < 4.78 is 2.01. The standard InChI is InChI=1S/C19H28N6/c1-3-11-23-13-15-24(16-14-23)18(4-2)19-20-21-22-25(19)12-10-17-8-6-5-7-9-17/h3,5-9,18H,1,4,10-16H2,2H3/p+2/t18-/m1/s1. The van der Waals surface area contributed by atoms with E-state index in [2.05, 4.69) is 59.4 Å². The van der Waals surface area contributed by atoms with Crippen molar-refractivity contribution in [3.05, 3.63) is 54.4 Å². The van der Waals surface area contributed by atoms with Crippen LogP contribution in [0.4, 0.5) is 0 Å². The number of hydrogen-bond acceptors (Lipinski definition) is 3. The number of rotatable bonds is 8. The fraction of sp³-hybridized carbons (Fsp3) is 0.526. The minimum absolute atomic E-state index is 0.385. The van der Waals surface area contributed by atoms with E-state index >= 15 is 0 Å². The molecule has 1 saturated heterocycles. The van der Waals surface area contributed by atoms with Crippen molar-refractivity contribution in [1.29, 1.82) is 0 Å². The van der Waals surface area contributed by atoms with E-state index in [0.717, 1.165) is 31.8 Å². The Morgan fingerprint density at radius 3 is 2.64 bits per heavy atom. The van der Waals surface area contributed by atoms with Crippen LogP contribution in [0.2, 0.25) is 0 Å². The van der Waals surface area contributed by atoms with Gasteiger partial charge in [0.15, 0.2) is 0 Å². The second kappa shape index (κ2) is 8.87. The van der Waals surface area contributed by atoms with Crippen LogP contribution in [-0.4, -0.2) is 52.9 Å². The van der Waals surface area contributed by atoms with Crippen molar-refractivity contribution in [3.8, 4) is 0 Å². The topological polar surface area (TPSA) is 52.5 Å². The van der Waals surface area contributed by atoms with Crippen molar-refractivity contribution in [1.82, 2.24) is 20.2 Å². The molecule has 2 N–H and O–H groups in total. The minimum Gasteiger partial charge on any atom is -0.322 e. The number of nitrogens with zero attached hydrogens (tertiary/aromatic N) is 4. The largest absolute Gasteiger partial charge is 0.322 e. The quantitative estimate of drug-likeness (QED) is 0.626. The highest BCUT2D eigenvalue weighted by Gasteiger charge is 2.32. The van der Waals surface area contributed by atoms with Crippen LogP contribution in [0, 0.1) is 0 Å². The van der Waals surface area contributed by atoms with E-state index in [4.69, 9.17) is 0 Å². The number of piperazine rings is 1. The summed E-state index contributed by atoms with van der Waals surface area (Å²) in [4.78, 5) is 3.25. The van der Waals surface area contributed by atoms with Gasteiger partial charge in [0.25, 0.3) is 0 Å². The van der Waals surface area contributed by atoms with E-state index in [1.54, 1.807) is 9.80 Å². The van der Waals surface area contributed by atoms with Crippen LogP contribution in [0.1, 0.15) is 30.8 Å². The molecule has 0 bridgehead atoms. The van der Waals surface area contributed by atoms with Gasteiger partial charge in [0.05, 0.1) is 6.54 Å². The Balaban J connectivity index is 1.64. The predicted octanol–water partition coefficient (Wildman–Crippen LogP) is -0.664. The molecule has 3 rings (SSSR count). The summed E-state index contributed by atoms with van der Waals surface area (Å²) in [6.07, 6.45) is 4.06. The molecule has 1 aromatic carbocycles. The lowest BCUT2D eigenvalue weighted by Crippen LogP contribution is -3.28. The molecule has 25 heavy (non-hydrogen) atoms. The van der Waals surface area contributed by atoms with Crippen molar-refractivity contribution >= 4 is 0 Å². The van der Waals surface area contributed by atoms with Gasteiger partial charge in [-0.3, -0.25) is 0 Å². The van der Waals surface area contributed by atoms with E-state index in [0.29, 0.717) is 6.04 Å². The van der Waals surface area contributed by atoms with Gasteiger partial charge in [-0.25, -0.2) is 4.68 Å². The molecule has 1 fully saturated rings. The van der Waals surface area contributed by atoms with Gasteiger partial charge in [0.2, 0.25) is 5.82 Å². The van der Waals surface area contributed by atoms with E-state index < -0.39 is 0 Å². The first-order chi connectivity index (χ1) is 12.3. The van der Waals surface area contributed by atoms with Gasteiger partial charge in [-0.1, -0.05) is 43.8 Å². The predicted molar refractivity (Wildman–Crippen MR) is 97.5 cm³/mol. The van der Waals surface area contributed by atoms with Crippen LogP contribution in [0.25, 0.3) is 0 Å². The smallest absolute Gasteiger partial charge is 0.209 e. The molecule has 1 aliphatic rings. The van der Waals surface area contributed by atoms with Crippen LogP contribution in [-0.2, 0) is 13.0 Å². The zero-order valence-corrected chi connectivity index (χ0v) is 15.2. The number of benzene rings is 1. The van der Waals surface area contributed by atoms with Crippen LogP contribution >= 0.6 is 0 Å². The lowest BCUT2D eigenvalue weighted by Gasteiger charge is -2.33. The van der Waals surface area contributed by atoms with Gasteiger partial charge in [-0.2, -0.15) is 0 Å². The van der Waals surface area contributed by atoms with Crippen molar-refractivity contribution < 1.29 is 9.80 Å². The summed E-state index contributed by atoms with van der Waals surface area (Å²) in [5, 5.41) is 12.6. The summed E-state index contributed by atoms with van der Waals surface area (Å²) in [6.45, 7) is 12.8. The Morgan fingerprint density at radius 1 is 1.20 bits per heavy atom. The van der Waals surface area contributed by atoms with E-state index in [1.165, 1.54) is 31.7 Å². The molecule has 0 unspecified atom stereocenters. The maximum atomic E-state index is 4.39. The maximum Gasteiger partial charge on any atom is 0.209 e. The second-order valence-corrected chi connectivity index (χ2v) is 6.86. The number of aromatic nitrogens is 4. The van der Waals surface area contributed by atoms with Crippen molar-refractivity contribution in [2.75, 3.05) is 32.7 Å². The van der Waals surface area contributed by atoms with Crippen LogP contribution < -0.4 is 9.80 Å². The molecule has 0 aliphatic carbocycles. The summed E-state index contributed by atoms with van der Waals surface area (Å²) in [5.41, 5.74) is 1.32. The first kappa shape index (κ1) is 17.8. The average Bonchev–Trinajstić information content (AvgIpc) is 3.11. The summed E-state index contributed by atoms with van der Waals surface area (Å²) in [5.74, 6) is 1.04. The Hall–Kier alpha value is -2.05. The number of aryl methyl sites for hydroxylation is 2. The highest BCUT2D eigenvalue weighted by atomic mass is 15.5. The highest BCUT2D eigenvalue weighted by molar-refractivity contribution is 5.14. The van der Waals surface area contributed by atoms with Crippen molar-refractivity contribution in [2.45, 2.75) is 32.4 Å². The molecule has 6 heteroatoms. The molecule has 0 saturated carbocycles. The van der Waals surface area contributed by atoms with E-state index in [-0.39, 0.29) is 0 Å². The molecule has 1 aliphatic heterocycles. The SMILES string of the molecule is C=CC[NH+]1CC[NH+]([C@H](CC)c2nnnn2CCc2ccccc2)CC1. The van der Waals surface area contributed by atoms with Crippen LogP contribution in [0.3, 0.4) is 0 Å². The van der Waals surface area contributed by atoms with Gasteiger partial charge >= 0.3 is 0 Å². The second-order valence-electron chi connectivity index (χ2n) is 6.86. The van der Waals surface area contributed by atoms with Crippen LogP contribution in [0.5, 0.6) is 0 Å². The summed E-state index contributed by atoms with van der Waals surface area (Å²) >= 11 is 0.